The van der Waals surface area contributed by atoms with Gasteiger partial charge in [-0.05, 0) is 24.1 Å². The van der Waals surface area contributed by atoms with Crippen molar-refractivity contribution < 1.29 is 14.2 Å². The lowest BCUT2D eigenvalue weighted by Gasteiger charge is -2.34. The minimum Gasteiger partial charge on any atom is -0.454 e. The minimum atomic E-state index is -0.694. The summed E-state index contributed by atoms with van der Waals surface area (Å²) >= 11 is 0. The van der Waals surface area contributed by atoms with Crippen molar-refractivity contribution in [1.82, 2.24) is 19.7 Å². The summed E-state index contributed by atoms with van der Waals surface area (Å²) in [5, 5.41) is 6.13. The number of hydrogen-bond donors (Lipinski definition) is 1. The summed E-state index contributed by atoms with van der Waals surface area (Å²) in [6.07, 6.45) is 0.802. The summed E-state index contributed by atoms with van der Waals surface area (Å²) < 4.78 is 18.3. The summed E-state index contributed by atoms with van der Waals surface area (Å²) in [5.74, 6) is 2.02. The molecule has 1 fully saturated rings. The van der Waals surface area contributed by atoms with E-state index in [1.165, 1.54) is 4.57 Å². The molecule has 136 valence electrons. The maximum Gasteiger partial charge on any atom is 0.330 e. The van der Waals surface area contributed by atoms with Crippen LogP contribution >= 0.6 is 0 Å². The van der Waals surface area contributed by atoms with Crippen molar-refractivity contribution in [2.75, 3.05) is 19.9 Å². The largest absolute Gasteiger partial charge is 0.454 e. The van der Waals surface area contributed by atoms with Gasteiger partial charge in [0.2, 0.25) is 6.79 Å². The molecule has 1 aromatic heterocycles. The zero-order valence-electron chi connectivity index (χ0n) is 14.1. The maximum absolute atomic E-state index is 12.1. The maximum atomic E-state index is 12.1. The molecule has 3 aliphatic heterocycles. The van der Waals surface area contributed by atoms with Gasteiger partial charge in [0.15, 0.2) is 17.3 Å². The molecule has 4 heterocycles. The molecule has 0 unspecified atom stereocenters. The van der Waals surface area contributed by atoms with Gasteiger partial charge in [-0.15, -0.1) is 0 Å². The third kappa shape index (κ3) is 2.51. The SMILES string of the molecule is O=c1[nH]nc2n(c1=O)C[C@@]1(CCN(Cc3ccc4c(c3)OCO4)C1)OC2. The summed E-state index contributed by atoms with van der Waals surface area (Å²) in [6.45, 7) is 3.16. The number of benzene rings is 1. The molecule has 0 radical (unpaired) electrons. The Morgan fingerprint density at radius 1 is 1.19 bits per heavy atom. The first-order valence-electron chi connectivity index (χ1n) is 8.55. The van der Waals surface area contributed by atoms with Crippen LogP contribution in [0.3, 0.4) is 0 Å². The number of likely N-dealkylation sites (tertiary alicyclic amines) is 1. The molecular formula is C17H18N4O5. The van der Waals surface area contributed by atoms with Crippen LogP contribution in [0.4, 0.5) is 0 Å². The summed E-state index contributed by atoms with van der Waals surface area (Å²) in [5.41, 5.74) is -0.575. The molecule has 0 saturated carbocycles. The Morgan fingerprint density at radius 3 is 3.00 bits per heavy atom. The van der Waals surface area contributed by atoms with Crippen LogP contribution < -0.4 is 20.6 Å². The van der Waals surface area contributed by atoms with Crippen LogP contribution in [0.2, 0.25) is 0 Å². The lowest BCUT2D eigenvalue weighted by Crippen LogP contribution is -2.51. The number of ether oxygens (including phenoxy) is 3. The number of aromatic nitrogens is 3. The number of nitrogens with zero attached hydrogens (tertiary/aromatic N) is 3. The van der Waals surface area contributed by atoms with Crippen LogP contribution in [0.5, 0.6) is 11.5 Å². The van der Waals surface area contributed by atoms with Crippen molar-refractivity contribution in [2.45, 2.75) is 31.7 Å². The second kappa shape index (κ2) is 5.68. The lowest BCUT2D eigenvalue weighted by molar-refractivity contribution is -0.0853. The number of nitrogens with one attached hydrogen (secondary N) is 1. The highest BCUT2D eigenvalue weighted by Gasteiger charge is 2.43. The first kappa shape index (κ1) is 15.6. The second-order valence-electron chi connectivity index (χ2n) is 6.98. The summed E-state index contributed by atoms with van der Waals surface area (Å²) in [7, 11) is 0. The Morgan fingerprint density at radius 2 is 2.08 bits per heavy atom. The van der Waals surface area contributed by atoms with E-state index in [1.807, 2.05) is 18.2 Å². The Labute approximate surface area is 148 Å². The van der Waals surface area contributed by atoms with Crippen LogP contribution in [0, 0.1) is 0 Å². The molecule has 1 aromatic carbocycles. The van der Waals surface area contributed by atoms with E-state index in [2.05, 4.69) is 15.1 Å². The van der Waals surface area contributed by atoms with Crippen LogP contribution in [-0.4, -0.2) is 45.1 Å². The predicted molar refractivity (Wildman–Crippen MR) is 89.1 cm³/mol. The molecule has 5 rings (SSSR count). The minimum absolute atomic E-state index is 0.226. The lowest BCUT2D eigenvalue weighted by atomic mass is 10.0. The van der Waals surface area contributed by atoms with E-state index in [-0.39, 0.29) is 13.4 Å². The van der Waals surface area contributed by atoms with Gasteiger partial charge in [-0.3, -0.25) is 19.1 Å². The summed E-state index contributed by atoms with van der Waals surface area (Å²) in [6, 6.07) is 5.95. The van der Waals surface area contributed by atoms with Crippen molar-refractivity contribution in [2.24, 2.45) is 0 Å². The number of rotatable bonds is 2. The molecule has 0 aliphatic carbocycles. The van der Waals surface area contributed by atoms with Gasteiger partial charge in [0.05, 0.1) is 6.54 Å². The van der Waals surface area contributed by atoms with E-state index in [1.54, 1.807) is 0 Å². The molecule has 26 heavy (non-hydrogen) atoms. The number of fused-ring (bicyclic) bond motifs is 2. The van der Waals surface area contributed by atoms with Gasteiger partial charge in [-0.25, -0.2) is 5.10 Å². The van der Waals surface area contributed by atoms with E-state index >= 15 is 0 Å². The van der Waals surface area contributed by atoms with Gasteiger partial charge in [0.1, 0.15) is 12.2 Å². The second-order valence-corrected chi connectivity index (χ2v) is 6.98. The fourth-order valence-corrected chi connectivity index (χ4v) is 3.89. The fraction of sp³-hybridized carbons (Fsp3) is 0.471. The quantitative estimate of drug-likeness (QED) is 0.745. The Bertz CT molecular complexity index is 984. The molecule has 9 nitrogen and oxygen atoms in total. The predicted octanol–water partition coefficient (Wildman–Crippen LogP) is -0.165. The molecular weight excluding hydrogens is 340 g/mol. The van der Waals surface area contributed by atoms with Gasteiger partial charge in [-0.1, -0.05) is 6.07 Å². The van der Waals surface area contributed by atoms with Crippen LogP contribution in [-0.2, 0) is 24.4 Å². The normalized spacial score (nSPS) is 24.2. The summed E-state index contributed by atoms with van der Waals surface area (Å²) in [4.78, 5) is 26.0. The van der Waals surface area contributed by atoms with Crippen molar-refractivity contribution >= 4 is 0 Å². The Kier molecular flexibility index (Phi) is 3.41. The fourth-order valence-electron chi connectivity index (χ4n) is 3.89. The highest BCUT2D eigenvalue weighted by molar-refractivity contribution is 5.44. The zero-order valence-corrected chi connectivity index (χ0v) is 14.1. The third-order valence-electron chi connectivity index (χ3n) is 5.23. The van der Waals surface area contributed by atoms with Gasteiger partial charge >= 0.3 is 11.1 Å². The van der Waals surface area contributed by atoms with E-state index < -0.39 is 16.7 Å². The average Bonchev–Trinajstić information content (AvgIpc) is 3.26. The van der Waals surface area contributed by atoms with Crippen molar-refractivity contribution in [1.29, 1.82) is 0 Å². The molecule has 0 bridgehead atoms. The molecule has 1 N–H and O–H groups in total. The van der Waals surface area contributed by atoms with Gasteiger partial charge in [0.25, 0.3) is 0 Å². The van der Waals surface area contributed by atoms with Gasteiger partial charge in [-0.2, -0.15) is 5.10 Å². The number of aromatic amines is 1. The van der Waals surface area contributed by atoms with E-state index in [0.717, 1.165) is 36.6 Å². The Hall–Kier alpha value is -2.65. The average molecular weight is 358 g/mol. The molecule has 0 amide bonds. The van der Waals surface area contributed by atoms with E-state index in [9.17, 15) is 9.59 Å². The molecule has 1 atom stereocenters. The first-order chi connectivity index (χ1) is 12.6. The third-order valence-corrected chi connectivity index (χ3v) is 5.23. The number of hydrogen-bond acceptors (Lipinski definition) is 7. The van der Waals surface area contributed by atoms with Crippen LogP contribution in [0.1, 0.15) is 17.8 Å². The van der Waals surface area contributed by atoms with Crippen molar-refractivity contribution in [3.8, 4) is 11.5 Å². The zero-order chi connectivity index (χ0) is 17.7. The highest BCUT2D eigenvalue weighted by Crippen LogP contribution is 2.35. The van der Waals surface area contributed by atoms with E-state index in [0.29, 0.717) is 18.9 Å². The van der Waals surface area contributed by atoms with Crippen LogP contribution in [0.25, 0.3) is 0 Å². The highest BCUT2D eigenvalue weighted by atomic mass is 16.7. The molecule has 1 saturated heterocycles. The van der Waals surface area contributed by atoms with Crippen molar-refractivity contribution in [3.05, 3.63) is 50.3 Å². The molecule has 3 aliphatic rings. The van der Waals surface area contributed by atoms with E-state index in [4.69, 9.17) is 14.2 Å². The monoisotopic (exact) mass is 358 g/mol. The number of H-pyrrole nitrogens is 1. The first-order valence-corrected chi connectivity index (χ1v) is 8.55. The molecule has 2 aromatic rings. The Balaban J connectivity index is 1.33. The van der Waals surface area contributed by atoms with Crippen LogP contribution in [0.15, 0.2) is 27.8 Å². The van der Waals surface area contributed by atoms with Gasteiger partial charge in [0, 0.05) is 19.6 Å². The molecule has 9 heteroatoms. The van der Waals surface area contributed by atoms with Crippen molar-refractivity contribution in [3.63, 3.8) is 0 Å². The standard InChI is InChI=1S/C17H18N4O5/c22-15-16(23)21-9-17(26-7-14(21)18-19-15)3-4-20(8-17)6-11-1-2-12-13(5-11)25-10-24-12/h1-2,5H,3-4,6-10H2,(H,19,22)/t17-/m0/s1. The smallest absolute Gasteiger partial charge is 0.330 e. The van der Waals surface area contributed by atoms with Gasteiger partial charge < -0.3 is 14.2 Å². The molecule has 1 spiro atoms. The topological polar surface area (TPSA) is 98.7 Å².